The zero-order chi connectivity index (χ0) is 46.8. The summed E-state index contributed by atoms with van der Waals surface area (Å²) < 4.78 is 0. The van der Waals surface area contributed by atoms with Crippen LogP contribution in [0.5, 0.6) is 0 Å². The average Bonchev–Trinajstić information content (AvgIpc) is 4.12. The quantitative estimate of drug-likeness (QED) is 0.135. The summed E-state index contributed by atoms with van der Waals surface area (Å²) in [5.74, 6) is 0. The number of hydrogen-bond acceptors (Lipinski definition) is 6. The Morgan fingerprint density at radius 1 is 0.284 bits per heavy atom. The molecule has 10 rings (SSSR count). The Hall–Kier alpha value is -6.28. The van der Waals surface area contributed by atoms with Crippen LogP contribution >= 0.6 is 45.3 Å². The second kappa shape index (κ2) is 19.9. The first-order valence-corrected chi connectivity index (χ1v) is 26.1. The largest absolute Gasteiger partial charge is 0.311 e. The lowest BCUT2D eigenvalue weighted by molar-refractivity contribution is 1.27. The molecule has 67 heavy (non-hydrogen) atoms. The van der Waals surface area contributed by atoms with Crippen molar-refractivity contribution in [3.05, 3.63) is 225 Å². The molecular formula is C61H56N2S4. The fraction of sp³-hybridized carbons (Fsp3) is 0.148. The molecule has 0 saturated carbocycles. The highest BCUT2D eigenvalue weighted by Gasteiger charge is 2.18. The summed E-state index contributed by atoms with van der Waals surface area (Å²) in [4.78, 5) is 14.2. The summed E-state index contributed by atoms with van der Waals surface area (Å²) in [6.45, 7) is 19.6. The van der Waals surface area contributed by atoms with Gasteiger partial charge >= 0.3 is 0 Å². The molecule has 4 heterocycles. The van der Waals surface area contributed by atoms with Crippen LogP contribution < -0.4 is 9.80 Å². The zero-order valence-corrected chi connectivity index (χ0v) is 43.0. The lowest BCUT2D eigenvalue weighted by Gasteiger charge is -2.26. The highest BCUT2D eigenvalue weighted by atomic mass is 32.1. The van der Waals surface area contributed by atoms with E-state index in [4.69, 9.17) is 0 Å². The van der Waals surface area contributed by atoms with Crippen LogP contribution in [0.3, 0.4) is 0 Å². The maximum atomic E-state index is 2.34. The van der Waals surface area contributed by atoms with E-state index in [0.717, 1.165) is 11.4 Å². The molecule has 0 spiro atoms. The molecule has 0 aliphatic heterocycles. The topological polar surface area (TPSA) is 6.48 Å². The van der Waals surface area contributed by atoms with Crippen molar-refractivity contribution in [1.82, 2.24) is 0 Å². The standard InChI is InChI=1S/C31H29NS2.C30H27NS2/c1-20-6-12-26(13-7-20)32(27-14-8-21(2)9-15-27)28-16-10-25(11-17-28)30-23(4)19-29(34-30)31-22(3)18-24(5)33-31;1-20-5-11-25(12-6-20)31(26-13-7-21(2)8-14-26)27-15-9-24(10-16-27)29-23(4)19-28(33-29)30-22(3)17-18-32-30/h6-19H,1-5H3;5-19H,1-4H3. The molecule has 4 aromatic heterocycles. The van der Waals surface area contributed by atoms with Gasteiger partial charge in [0.15, 0.2) is 0 Å². The molecule has 6 heteroatoms. The minimum atomic E-state index is 1.16. The second-order valence-corrected chi connectivity index (χ2v) is 21.9. The van der Waals surface area contributed by atoms with Gasteiger partial charge in [-0.3, -0.25) is 0 Å². The van der Waals surface area contributed by atoms with E-state index in [-0.39, 0.29) is 0 Å². The highest BCUT2D eigenvalue weighted by molar-refractivity contribution is 7.24. The van der Waals surface area contributed by atoms with Gasteiger partial charge in [0.25, 0.3) is 0 Å². The molecule has 0 fully saturated rings. The Morgan fingerprint density at radius 3 is 0.896 bits per heavy atom. The first kappa shape index (κ1) is 45.9. The van der Waals surface area contributed by atoms with Crippen molar-refractivity contribution in [3.8, 4) is 40.4 Å². The number of thiophene rings is 4. The first-order chi connectivity index (χ1) is 32.4. The van der Waals surface area contributed by atoms with Gasteiger partial charge in [-0.2, -0.15) is 0 Å². The minimum absolute atomic E-state index is 1.16. The lowest BCUT2D eigenvalue weighted by atomic mass is 10.1. The smallest absolute Gasteiger partial charge is 0.0474 e. The van der Waals surface area contributed by atoms with E-state index in [1.807, 2.05) is 45.3 Å². The third-order valence-electron chi connectivity index (χ3n) is 12.1. The summed E-state index contributed by atoms with van der Waals surface area (Å²) in [5, 5.41) is 2.18. The number of aryl methyl sites for hydroxylation is 9. The van der Waals surface area contributed by atoms with Crippen LogP contribution in [-0.4, -0.2) is 0 Å². The molecule has 0 bridgehead atoms. The van der Waals surface area contributed by atoms with Gasteiger partial charge in [0.05, 0.1) is 0 Å². The molecule has 0 N–H and O–H groups in total. The third kappa shape index (κ3) is 10.2. The van der Waals surface area contributed by atoms with Crippen LogP contribution in [0.15, 0.2) is 175 Å². The fourth-order valence-corrected chi connectivity index (χ4v) is 13.1. The van der Waals surface area contributed by atoms with Crippen LogP contribution in [0.2, 0.25) is 0 Å². The van der Waals surface area contributed by atoms with Crippen molar-refractivity contribution >= 4 is 79.5 Å². The molecule has 10 aromatic rings. The van der Waals surface area contributed by atoms with E-state index in [1.165, 1.54) is 113 Å². The van der Waals surface area contributed by atoms with Gasteiger partial charge in [-0.1, -0.05) is 95.1 Å². The molecule has 0 aliphatic rings. The molecule has 0 radical (unpaired) electrons. The second-order valence-electron chi connectivity index (χ2n) is 17.7. The summed E-state index contributed by atoms with van der Waals surface area (Å²) in [6.07, 6.45) is 0. The molecule has 0 unspecified atom stereocenters. The normalized spacial score (nSPS) is 11.1. The van der Waals surface area contributed by atoms with E-state index < -0.39 is 0 Å². The first-order valence-electron chi connectivity index (χ1n) is 22.8. The molecule has 0 aliphatic carbocycles. The Bertz CT molecular complexity index is 3140. The Labute approximate surface area is 413 Å². The predicted octanol–water partition coefficient (Wildman–Crippen LogP) is 20.0. The fourth-order valence-electron chi connectivity index (χ4n) is 8.47. The minimum Gasteiger partial charge on any atom is -0.311 e. The number of anilines is 6. The zero-order valence-electron chi connectivity index (χ0n) is 39.8. The molecular weight excluding hydrogens is 889 g/mol. The predicted molar refractivity (Wildman–Crippen MR) is 298 cm³/mol. The van der Waals surface area contributed by atoms with Crippen LogP contribution in [0, 0.1) is 62.3 Å². The molecule has 0 saturated heterocycles. The van der Waals surface area contributed by atoms with Crippen molar-refractivity contribution in [2.75, 3.05) is 9.80 Å². The SMILES string of the molecule is Cc1ccc(N(c2ccc(C)cc2)c2ccc(-c3sc(-c4sc(C)cc4C)cc3C)cc2)cc1.Cc1ccc(N(c2ccc(C)cc2)c2ccc(-c3sc(-c4sccc4C)cc3C)cc2)cc1. The molecule has 2 nitrogen and oxygen atoms in total. The van der Waals surface area contributed by atoms with E-state index in [2.05, 4.69) is 247 Å². The van der Waals surface area contributed by atoms with Gasteiger partial charge in [-0.25, -0.2) is 0 Å². The van der Waals surface area contributed by atoms with Crippen molar-refractivity contribution < 1.29 is 0 Å². The molecule has 334 valence electrons. The van der Waals surface area contributed by atoms with Crippen molar-refractivity contribution in [3.63, 3.8) is 0 Å². The van der Waals surface area contributed by atoms with E-state index >= 15 is 0 Å². The van der Waals surface area contributed by atoms with Crippen molar-refractivity contribution in [2.45, 2.75) is 62.3 Å². The van der Waals surface area contributed by atoms with Crippen molar-refractivity contribution in [1.29, 1.82) is 0 Å². The summed E-state index contributed by atoms with van der Waals surface area (Å²) in [6, 6.07) is 62.2. The van der Waals surface area contributed by atoms with E-state index in [9.17, 15) is 0 Å². The Kier molecular flexibility index (Phi) is 13.6. The maximum absolute atomic E-state index is 2.34. The molecule has 0 atom stereocenters. The molecule has 6 aromatic carbocycles. The third-order valence-corrected chi connectivity index (χ3v) is 17.2. The summed E-state index contributed by atoms with van der Waals surface area (Å²) in [5.41, 5.74) is 20.0. The van der Waals surface area contributed by atoms with Crippen molar-refractivity contribution in [2.24, 2.45) is 0 Å². The number of benzene rings is 6. The number of rotatable bonds is 10. The Morgan fingerprint density at radius 2 is 0.597 bits per heavy atom. The van der Waals surface area contributed by atoms with Crippen LogP contribution in [0.1, 0.15) is 49.4 Å². The van der Waals surface area contributed by atoms with Gasteiger partial charge < -0.3 is 9.80 Å². The van der Waals surface area contributed by atoms with Crippen LogP contribution in [0.4, 0.5) is 34.1 Å². The lowest BCUT2D eigenvalue weighted by Crippen LogP contribution is -2.09. The Balaban J connectivity index is 0.000000168. The van der Waals surface area contributed by atoms with Gasteiger partial charge in [0.2, 0.25) is 0 Å². The summed E-state index contributed by atoms with van der Waals surface area (Å²) in [7, 11) is 0. The van der Waals surface area contributed by atoms with Gasteiger partial charge in [0, 0.05) is 68.3 Å². The van der Waals surface area contributed by atoms with E-state index in [0.29, 0.717) is 0 Å². The van der Waals surface area contributed by atoms with Gasteiger partial charge in [-0.15, -0.1) is 45.3 Å². The van der Waals surface area contributed by atoms with E-state index in [1.54, 1.807) is 0 Å². The average molecular weight is 945 g/mol. The molecule has 0 amide bonds. The van der Waals surface area contributed by atoms with Gasteiger partial charge in [0.1, 0.15) is 0 Å². The number of nitrogens with zero attached hydrogens (tertiary/aromatic N) is 2. The summed E-state index contributed by atoms with van der Waals surface area (Å²) >= 11 is 7.51. The van der Waals surface area contributed by atoms with Crippen LogP contribution in [0.25, 0.3) is 40.4 Å². The highest BCUT2D eigenvalue weighted by Crippen LogP contribution is 2.45. The maximum Gasteiger partial charge on any atom is 0.0474 e. The van der Waals surface area contributed by atoms with Gasteiger partial charge in [-0.05, 0) is 198 Å². The monoisotopic (exact) mass is 944 g/mol. The van der Waals surface area contributed by atoms with Crippen LogP contribution in [-0.2, 0) is 0 Å². The number of hydrogen-bond donors (Lipinski definition) is 0.